The highest BCUT2D eigenvalue weighted by molar-refractivity contribution is 5.73. The molecule has 2 nitrogen and oxygen atoms in total. The standard InChI is InChI=1S/C13H12O2/c1-9-12(14)8-7-11(13(9)15)10-5-3-2-4-6-10/h2-8,14-15H,1H3. The molecule has 0 spiro atoms. The Balaban J connectivity index is 2.60. The van der Waals surface area contributed by atoms with E-state index in [1.54, 1.807) is 19.1 Å². The number of hydrogen-bond donors (Lipinski definition) is 2. The number of benzene rings is 2. The van der Waals surface area contributed by atoms with Crippen molar-refractivity contribution in [2.75, 3.05) is 0 Å². The van der Waals surface area contributed by atoms with Crippen LogP contribution in [0.4, 0.5) is 0 Å². The Hall–Kier alpha value is -1.96. The molecule has 0 heterocycles. The minimum atomic E-state index is 0.118. The van der Waals surface area contributed by atoms with Crippen molar-refractivity contribution in [3.63, 3.8) is 0 Å². The Labute approximate surface area is 88.4 Å². The van der Waals surface area contributed by atoms with Crippen molar-refractivity contribution in [2.45, 2.75) is 6.92 Å². The molecule has 0 aliphatic rings. The fourth-order valence-electron chi connectivity index (χ4n) is 1.54. The molecule has 0 saturated carbocycles. The predicted octanol–water partition coefficient (Wildman–Crippen LogP) is 3.07. The van der Waals surface area contributed by atoms with Crippen LogP contribution in [0.25, 0.3) is 11.1 Å². The summed E-state index contributed by atoms with van der Waals surface area (Å²) in [7, 11) is 0. The highest BCUT2D eigenvalue weighted by Gasteiger charge is 2.09. The van der Waals surface area contributed by atoms with Gasteiger partial charge < -0.3 is 10.2 Å². The topological polar surface area (TPSA) is 40.5 Å². The van der Waals surface area contributed by atoms with Gasteiger partial charge >= 0.3 is 0 Å². The van der Waals surface area contributed by atoms with Crippen molar-refractivity contribution in [3.8, 4) is 22.6 Å². The highest BCUT2D eigenvalue weighted by Crippen LogP contribution is 2.35. The van der Waals surface area contributed by atoms with Crippen LogP contribution in [-0.2, 0) is 0 Å². The lowest BCUT2D eigenvalue weighted by Crippen LogP contribution is -1.82. The second kappa shape index (κ2) is 3.65. The lowest BCUT2D eigenvalue weighted by Gasteiger charge is -2.08. The molecule has 15 heavy (non-hydrogen) atoms. The van der Waals surface area contributed by atoms with Crippen LogP contribution < -0.4 is 0 Å². The molecule has 0 bridgehead atoms. The first-order valence-electron chi connectivity index (χ1n) is 4.77. The van der Waals surface area contributed by atoms with E-state index in [0.29, 0.717) is 5.56 Å². The molecule has 0 saturated heterocycles. The van der Waals surface area contributed by atoms with Gasteiger partial charge in [0.2, 0.25) is 0 Å². The Morgan fingerprint density at radius 3 is 2.20 bits per heavy atom. The SMILES string of the molecule is Cc1c(O)ccc(-c2ccccc2)c1O. The van der Waals surface area contributed by atoms with Gasteiger partial charge in [0.05, 0.1) is 0 Å². The van der Waals surface area contributed by atoms with Gasteiger partial charge in [0.25, 0.3) is 0 Å². The largest absolute Gasteiger partial charge is 0.508 e. The second-order valence-electron chi connectivity index (χ2n) is 3.47. The zero-order valence-electron chi connectivity index (χ0n) is 8.44. The first-order valence-corrected chi connectivity index (χ1v) is 4.77. The molecule has 2 heteroatoms. The number of hydrogen-bond acceptors (Lipinski definition) is 2. The normalized spacial score (nSPS) is 10.2. The van der Waals surface area contributed by atoms with Crippen LogP contribution >= 0.6 is 0 Å². The molecule has 0 fully saturated rings. The third kappa shape index (κ3) is 1.66. The van der Waals surface area contributed by atoms with Crippen LogP contribution in [0.2, 0.25) is 0 Å². The van der Waals surface area contributed by atoms with Crippen molar-refractivity contribution >= 4 is 0 Å². The van der Waals surface area contributed by atoms with E-state index in [0.717, 1.165) is 11.1 Å². The first kappa shape index (κ1) is 9.59. The molecular formula is C13H12O2. The lowest BCUT2D eigenvalue weighted by molar-refractivity contribution is 0.444. The van der Waals surface area contributed by atoms with Crippen LogP contribution in [0.1, 0.15) is 5.56 Å². The average Bonchev–Trinajstić information content (AvgIpc) is 2.27. The molecule has 0 aliphatic heterocycles. The van der Waals surface area contributed by atoms with Crippen molar-refractivity contribution in [3.05, 3.63) is 48.0 Å². The van der Waals surface area contributed by atoms with E-state index in [-0.39, 0.29) is 11.5 Å². The van der Waals surface area contributed by atoms with E-state index in [1.807, 2.05) is 30.3 Å². The van der Waals surface area contributed by atoms with Crippen LogP contribution in [0.3, 0.4) is 0 Å². The zero-order chi connectivity index (χ0) is 10.8. The van der Waals surface area contributed by atoms with Crippen molar-refractivity contribution in [1.29, 1.82) is 0 Å². The van der Waals surface area contributed by atoms with Gasteiger partial charge in [0.1, 0.15) is 11.5 Å². The zero-order valence-corrected chi connectivity index (χ0v) is 8.44. The van der Waals surface area contributed by atoms with Crippen LogP contribution in [0, 0.1) is 6.92 Å². The molecule has 2 aromatic carbocycles. The van der Waals surface area contributed by atoms with Crippen LogP contribution in [0.5, 0.6) is 11.5 Å². The summed E-state index contributed by atoms with van der Waals surface area (Å²) in [6.45, 7) is 1.69. The number of phenols is 2. The van der Waals surface area contributed by atoms with E-state index in [4.69, 9.17) is 0 Å². The fraction of sp³-hybridized carbons (Fsp3) is 0.0769. The Morgan fingerprint density at radius 1 is 0.867 bits per heavy atom. The van der Waals surface area contributed by atoms with Gasteiger partial charge in [0, 0.05) is 11.1 Å². The lowest BCUT2D eigenvalue weighted by atomic mass is 10.0. The van der Waals surface area contributed by atoms with E-state index >= 15 is 0 Å². The Bertz CT molecular complexity index is 475. The Morgan fingerprint density at radius 2 is 1.53 bits per heavy atom. The van der Waals surface area contributed by atoms with E-state index in [2.05, 4.69) is 0 Å². The maximum Gasteiger partial charge on any atom is 0.129 e. The molecule has 2 aromatic rings. The van der Waals surface area contributed by atoms with Gasteiger partial charge in [-0.3, -0.25) is 0 Å². The van der Waals surface area contributed by atoms with Gasteiger partial charge in [-0.2, -0.15) is 0 Å². The maximum absolute atomic E-state index is 9.87. The fourth-order valence-corrected chi connectivity index (χ4v) is 1.54. The van der Waals surface area contributed by atoms with Crippen molar-refractivity contribution in [1.82, 2.24) is 0 Å². The number of rotatable bonds is 1. The van der Waals surface area contributed by atoms with Crippen molar-refractivity contribution in [2.24, 2.45) is 0 Å². The monoisotopic (exact) mass is 200 g/mol. The summed E-state index contributed by atoms with van der Waals surface area (Å²) in [6.07, 6.45) is 0. The second-order valence-corrected chi connectivity index (χ2v) is 3.47. The van der Waals surface area contributed by atoms with E-state index < -0.39 is 0 Å². The summed E-state index contributed by atoms with van der Waals surface area (Å²) in [5, 5.41) is 19.3. The smallest absolute Gasteiger partial charge is 0.129 e. The summed E-state index contributed by atoms with van der Waals surface area (Å²) in [5.74, 6) is 0.258. The quantitative estimate of drug-likeness (QED) is 0.742. The molecule has 0 amide bonds. The molecular weight excluding hydrogens is 188 g/mol. The molecule has 0 unspecified atom stereocenters. The summed E-state index contributed by atoms with van der Waals surface area (Å²) >= 11 is 0. The molecule has 0 aliphatic carbocycles. The van der Waals surface area contributed by atoms with Gasteiger partial charge in [-0.1, -0.05) is 30.3 Å². The average molecular weight is 200 g/mol. The predicted molar refractivity (Wildman–Crippen MR) is 59.9 cm³/mol. The third-order valence-electron chi connectivity index (χ3n) is 2.49. The van der Waals surface area contributed by atoms with Crippen LogP contribution in [-0.4, -0.2) is 10.2 Å². The van der Waals surface area contributed by atoms with E-state index in [1.165, 1.54) is 0 Å². The van der Waals surface area contributed by atoms with Gasteiger partial charge in [-0.25, -0.2) is 0 Å². The molecule has 2 N–H and O–H groups in total. The van der Waals surface area contributed by atoms with Gasteiger partial charge in [0.15, 0.2) is 0 Å². The molecule has 76 valence electrons. The minimum Gasteiger partial charge on any atom is -0.508 e. The molecule has 0 atom stereocenters. The molecule has 2 rings (SSSR count). The van der Waals surface area contributed by atoms with Crippen LogP contribution in [0.15, 0.2) is 42.5 Å². The summed E-state index contributed by atoms with van der Waals surface area (Å²) < 4.78 is 0. The van der Waals surface area contributed by atoms with E-state index in [9.17, 15) is 10.2 Å². The minimum absolute atomic E-state index is 0.118. The summed E-state index contributed by atoms with van der Waals surface area (Å²) in [4.78, 5) is 0. The first-order chi connectivity index (χ1) is 7.20. The van der Waals surface area contributed by atoms with Crippen molar-refractivity contribution < 1.29 is 10.2 Å². The Kier molecular flexibility index (Phi) is 2.34. The number of phenolic OH excluding ortho intramolecular Hbond substituents is 2. The highest BCUT2D eigenvalue weighted by atomic mass is 16.3. The van der Waals surface area contributed by atoms with Gasteiger partial charge in [-0.05, 0) is 24.6 Å². The number of aromatic hydroxyl groups is 2. The van der Waals surface area contributed by atoms with Gasteiger partial charge in [-0.15, -0.1) is 0 Å². The summed E-state index contributed by atoms with van der Waals surface area (Å²) in [6, 6.07) is 12.9. The summed E-state index contributed by atoms with van der Waals surface area (Å²) in [5.41, 5.74) is 2.19. The third-order valence-corrected chi connectivity index (χ3v) is 2.49. The maximum atomic E-state index is 9.87. The molecule has 0 aromatic heterocycles. The molecule has 0 radical (unpaired) electrons.